The zero-order valence-corrected chi connectivity index (χ0v) is 16.2. The van der Waals surface area contributed by atoms with E-state index >= 15 is 0 Å². The lowest BCUT2D eigenvalue weighted by Crippen LogP contribution is -2.16. The Labute approximate surface area is 162 Å². The van der Waals surface area contributed by atoms with Gasteiger partial charge in [-0.1, -0.05) is 29.8 Å². The van der Waals surface area contributed by atoms with Crippen LogP contribution in [-0.4, -0.2) is 29.9 Å². The molecule has 144 valence electrons. The summed E-state index contributed by atoms with van der Waals surface area (Å²) in [5, 5.41) is 20.0. The maximum absolute atomic E-state index is 12.7. The Hall–Kier alpha value is -3.19. The molecule has 0 amide bonds. The molecule has 3 aromatic heterocycles. The number of benzene rings is 1. The first-order chi connectivity index (χ1) is 13.5. The number of fused-ring (bicyclic) bond motifs is 1. The number of aromatic amines is 2. The predicted molar refractivity (Wildman–Crippen MR) is 107 cm³/mol. The zero-order chi connectivity index (χ0) is 19.8. The summed E-state index contributed by atoms with van der Waals surface area (Å²) in [6.45, 7) is 5.79. The van der Waals surface area contributed by atoms with Gasteiger partial charge in [-0.2, -0.15) is 5.10 Å². The minimum atomic E-state index is -0.200. The third kappa shape index (κ3) is 3.14. The Morgan fingerprint density at radius 3 is 2.50 bits per heavy atom. The van der Waals surface area contributed by atoms with Gasteiger partial charge in [0.1, 0.15) is 0 Å². The quantitative estimate of drug-likeness (QED) is 0.498. The van der Waals surface area contributed by atoms with Crippen molar-refractivity contribution in [2.45, 2.75) is 40.2 Å². The number of nitrogens with one attached hydrogen (secondary N) is 2. The van der Waals surface area contributed by atoms with E-state index in [1.807, 2.05) is 45.0 Å². The Balaban J connectivity index is 1.79. The number of hydrogen-bond acceptors (Lipinski definition) is 4. The number of aryl methyl sites for hydroxylation is 4. The summed E-state index contributed by atoms with van der Waals surface area (Å²) < 4.78 is 1.40. The first kappa shape index (κ1) is 18.2. The first-order valence-corrected chi connectivity index (χ1v) is 9.29. The Kier molecular flexibility index (Phi) is 4.60. The van der Waals surface area contributed by atoms with Gasteiger partial charge in [0.2, 0.25) is 0 Å². The topological polar surface area (TPSA) is 99.1 Å². The molecule has 7 nitrogen and oxygen atoms in total. The highest BCUT2D eigenvalue weighted by atomic mass is 16.3. The normalized spacial score (nSPS) is 11.4. The average molecular weight is 377 g/mol. The second-order valence-corrected chi connectivity index (χ2v) is 7.15. The third-order valence-electron chi connectivity index (χ3n) is 5.15. The molecule has 0 bridgehead atoms. The summed E-state index contributed by atoms with van der Waals surface area (Å²) in [5.41, 5.74) is 7.64. The van der Waals surface area contributed by atoms with Crippen LogP contribution in [0.5, 0.6) is 0 Å². The van der Waals surface area contributed by atoms with Crippen molar-refractivity contribution in [2.24, 2.45) is 0 Å². The van der Waals surface area contributed by atoms with Gasteiger partial charge in [0.05, 0.1) is 18.0 Å². The van der Waals surface area contributed by atoms with E-state index in [0.717, 1.165) is 45.8 Å². The fourth-order valence-electron chi connectivity index (χ4n) is 3.59. The summed E-state index contributed by atoms with van der Waals surface area (Å²) >= 11 is 0. The van der Waals surface area contributed by atoms with E-state index in [4.69, 9.17) is 4.98 Å². The lowest BCUT2D eigenvalue weighted by Gasteiger charge is -2.05. The number of nitrogens with zero attached hydrogens (tertiary/aromatic N) is 3. The molecule has 0 atom stereocenters. The summed E-state index contributed by atoms with van der Waals surface area (Å²) in [7, 11) is 0. The summed E-state index contributed by atoms with van der Waals surface area (Å²) in [6.07, 6.45) is 1.40. The van der Waals surface area contributed by atoms with Crippen LogP contribution in [-0.2, 0) is 19.4 Å². The molecule has 0 unspecified atom stereocenters. The van der Waals surface area contributed by atoms with Crippen molar-refractivity contribution in [3.63, 3.8) is 0 Å². The molecule has 1 aromatic carbocycles. The van der Waals surface area contributed by atoms with Crippen LogP contribution in [0.1, 0.15) is 33.9 Å². The van der Waals surface area contributed by atoms with Crippen LogP contribution in [0.4, 0.5) is 0 Å². The lowest BCUT2D eigenvalue weighted by atomic mass is 10.0. The summed E-state index contributed by atoms with van der Waals surface area (Å²) in [5.74, 6) is 0. The average Bonchev–Trinajstić information content (AvgIpc) is 3.21. The SMILES string of the molecule is Cc1ccc(-c2c(CO)[nH]n3c(=O)cc(CCc4c(C)n[nH]c4C)nc23)cc1. The number of aliphatic hydroxyl groups excluding tert-OH is 1. The highest BCUT2D eigenvalue weighted by Gasteiger charge is 2.17. The van der Waals surface area contributed by atoms with Crippen molar-refractivity contribution in [2.75, 3.05) is 0 Å². The van der Waals surface area contributed by atoms with Gasteiger partial charge in [0.15, 0.2) is 5.65 Å². The molecule has 0 saturated heterocycles. The molecule has 0 fully saturated rings. The van der Waals surface area contributed by atoms with Gasteiger partial charge in [0, 0.05) is 23.0 Å². The number of aliphatic hydroxyl groups is 1. The molecule has 4 aromatic rings. The molecule has 7 heteroatoms. The van der Waals surface area contributed by atoms with Crippen LogP contribution in [0.3, 0.4) is 0 Å². The minimum absolute atomic E-state index is 0.186. The van der Waals surface area contributed by atoms with Crippen LogP contribution in [0.25, 0.3) is 16.8 Å². The van der Waals surface area contributed by atoms with Crippen LogP contribution in [0, 0.1) is 20.8 Å². The third-order valence-corrected chi connectivity index (χ3v) is 5.15. The number of hydrogen-bond donors (Lipinski definition) is 3. The first-order valence-electron chi connectivity index (χ1n) is 9.29. The second-order valence-electron chi connectivity index (χ2n) is 7.15. The number of rotatable bonds is 5. The number of aromatic nitrogens is 5. The van der Waals surface area contributed by atoms with E-state index in [0.29, 0.717) is 17.8 Å². The van der Waals surface area contributed by atoms with Gasteiger partial charge < -0.3 is 5.11 Å². The van der Waals surface area contributed by atoms with Crippen LogP contribution >= 0.6 is 0 Å². The maximum Gasteiger partial charge on any atom is 0.272 e. The highest BCUT2D eigenvalue weighted by molar-refractivity contribution is 5.80. The predicted octanol–water partition coefficient (Wildman–Crippen LogP) is 2.62. The van der Waals surface area contributed by atoms with Crippen molar-refractivity contribution in [1.82, 2.24) is 24.8 Å². The largest absolute Gasteiger partial charge is 0.390 e. The maximum atomic E-state index is 12.7. The highest BCUT2D eigenvalue weighted by Crippen LogP contribution is 2.27. The van der Waals surface area contributed by atoms with Gasteiger partial charge in [-0.25, -0.2) is 9.50 Å². The minimum Gasteiger partial charge on any atom is -0.390 e. The van der Waals surface area contributed by atoms with Gasteiger partial charge in [-0.3, -0.25) is 15.0 Å². The Morgan fingerprint density at radius 1 is 1.11 bits per heavy atom. The number of H-pyrrole nitrogens is 2. The van der Waals surface area contributed by atoms with Crippen LogP contribution in [0.15, 0.2) is 35.1 Å². The van der Waals surface area contributed by atoms with Crippen molar-refractivity contribution in [1.29, 1.82) is 0 Å². The van der Waals surface area contributed by atoms with Gasteiger partial charge in [-0.05, 0) is 44.7 Å². The van der Waals surface area contributed by atoms with Crippen LogP contribution in [0.2, 0.25) is 0 Å². The molecular formula is C21H23N5O2. The van der Waals surface area contributed by atoms with Gasteiger partial charge >= 0.3 is 0 Å². The van der Waals surface area contributed by atoms with E-state index in [1.165, 1.54) is 4.52 Å². The molecule has 28 heavy (non-hydrogen) atoms. The smallest absolute Gasteiger partial charge is 0.272 e. The standard InChI is InChI=1S/C21H23N5O2/c1-12-4-6-15(7-5-12)20-18(11-27)25-26-19(28)10-16(22-21(20)26)8-9-17-13(2)23-24-14(17)3/h4-7,10,25,27H,8-9,11H2,1-3H3,(H,23,24). The monoisotopic (exact) mass is 377 g/mol. The molecule has 0 spiro atoms. The molecule has 0 aliphatic carbocycles. The van der Waals surface area contributed by atoms with Crippen molar-refractivity contribution >= 4 is 5.65 Å². The summed E-state index contributed by atoms with van der Waals surface area (Å²) in [4.78, 5) is 17.4. The van der Waals surface area contributed by atoms with E-state index in [2.05, 4.69) is 15.3 Å². The van der Waals surface area contributed by atoms with Crippen LogP contribution < -0.4 is 5.56 Å². The van der Waals surface area contributed by atoms with Crippen molar-refractivity contribution in [3.8, 4) is 11.1 Å². The van der Waals surface area contributed by atoms with Crippen molar-refractivity contribution < 1.29 is 5.11 Å². The van der Waals surface area contributed by atoms with E-state index in [-0.39, 0.29) is 12.2 Å². The van der Waals surface area contributed by atoms with E-state index in [9.17, 15) is 9.90 Å². The van der Waals surface area contributed by atoms with Crippen molar-refractivity contribution in [3.05, 3.63) is 74.6 Å². The molecule has 3 N–H and O–H groups in total. The Bertz CT molecular complexity index is 1180. The zero-order valence-electron chi connectivity index (χ0n) is 16.2. The van der Waals surface area contributed by atoms with Gasteiger partial charge in [-0.15, -0.1) is 0 Å². The molecule has 0 radical (unpaired) electrons. The molecular weight excluding hydrogens is 354 g/mol. The Morgan fingerprint density at radius 2 is 1.86 bits per heavy atom. The molecule has 0 saturated carbocycles. The fraction of sp³-hybridized carbons (Fsp3) is 0.286. The molecule has 3 heterocycles. The van der Waals surface area contributed by atoms with E-state index in [1.54, 1.807) is 6.07 Å². The fourth-order valence-corrected chi connectivity index (χ4v) is 3.59. The molecule has 0 aliphatic rings. The molecule has 4 rings (SSSR count). The second kappa shape index (κ2) is 7.09. The lowest BCUT2D eigenvalue weighted by molar-refractivity contribution is 0.276. The van der Waals surface area contributed by atoms with Gasteiger partial charge in [0.25, 0.3) is 5.56 Å². The molecule has 0 aliphatic heterocycles. The van der Waals surface area contributed by atoms with E-state index < -0.39 is 0 Å². The summed E-state index contributed by atoms with van der Waals surface area (Å²) in [6, 6.07) is 9.52.